The van der Waals surface area contributed by atoms with Crippen LogP contribution in [0.25, 0.3) is 10.9 Å². The fraction of sp³-hybridized carbons (Fsp3) is 0.111. The zero-order valence-electron chi connectivity index (χ0n) is 7.19. The smallest absolute Gasteiger partial charge is 0.271 e. The third-order valence-electron chi connectivity index (χ3n) is 1.96. The minimum atomic E-state index is -1.23. The maximum Gasteiger partial charge on any atom is 0.271 e. The number of benzene rings is 1. The molecule has 0 amide bonds. The molecule has 0 saturated heterocycles. The van der Waals surface area contributed by atoms with E-state index >= 15 is 0 Å². The highest BCUT2D eigenvalue weighted by atomic mass is 16.4. The summed E-state index contributed by atoms with van der Waals surface area (Å²) >= 11 is 0. The van der Waals surface area contributed by atoms with Gasteiger partial charge in [-0.3, -0.25) is 14.6 Å². The minimum absolute atomic E-state index is 0.290. The number of hydrogen-bond donors (Lipinski definition) is 1. The van der Waals surface area contributed by atoms with Crippen LogP contribution in [0.3, 0.4) is 0 Å². The van der Waals surface area contributed by atoms with Gasteiger partial charge < -0.3 is 9.90 Å². The van der Waals surface area contributed by atoms with Crippen molar-refractivity contribution in [2.75, 3.05) is 0 Å². The van der Waals surface area contributed by atoms with E-state index in [-0.39, 0.29) is 12.1 Å². The van der Waals surface area contributed by atoms with Crippen molar-refractivity contribution in [1.29, 1.82) is 0 Å². The normalized spacial score (nSPS) is 10.6. The predicted octanol–water partition coefficient (Wildman–Crippen LogP) is -0.920. The third kappa shape index (κ3) is 1.28. The molecule has 2 aromatic rings. The van der Waals surface area contributed by atoms with Crippen molar-refractivity contribution < 1.29 is 9.90 Å². The standard InChI is InChI=1S/C9H8N2O3/c12-8(13)5-11-7-4-2-1-3-6(7)9(14)10-11/h1-4H,5H2,(H,10,14)(H,12,13)/p-1. The Morgan fingerprint density at radius 2 is 2.14 bits per heavy atom. The number of fused-ring (bicyclic) bond motifs is 1. The molecule has 0 fully saturated rings. The molecule has 1 aromatic carbocycles. The van der Waals surface area contributed by atoms with Gasteiger partial charge in [-0.2, -0.15) is 0 Å². The van der Waals surface area contributed by atoms with Crippen molar-refractivity contribution >= 4 is 16.9 Å². The number of nitrogens with one attached hydrogen (secondary N) is 1. The zero-order valence-corrected chi connectivity index (χ0v) is 7.19. The summed E-state index contributed by atoms with van der Waals surface area (Å²) in [5, 5.41) is 13.3. The van der Waals surface area contributed by atoms with E-state index in [4.69, 9.17) is 0 Å². The van der Waals surface area contributed by atoms with Crippen LogP contribution in [0, 0.1) is 0 Å². The van der Waals surface area contributed by atoms with E-state index < -0.39 is 5.97 Å². The lowest BCUT2D eigenvalue weighted by atomic mass is 10.2. The average molecular weight is 191 g/mol. The molecule has 14 heavy (non-hydrogen) atoms. The molecule has 1 heterocycles. The van der Waals surface area contributed by atoms with E-state index in [2.05, 4.69) is 5.10 Å². The Morgan fingerprint density at radius 3 is 2.86 bits per heavy atom. The zero-order chi connectivity index (χ0) is 10.1. The van der Waals surface area contributed by atoms with Crippen LogP contribution in [0.2, 0.25) is 0 Å². The van der Waals surface area contributed by atoms with Gasteiger partial charge in [-0.05, 0) is 12.1 Å². The van der Waals surface area contributed by atoms with Crippen LogP contribution in [0.1, 0.15) is 0 Å². The first kappa shape index (κ1) is 8.55. The highest BCUT2D eigenvalue weighted by Crippen LogP contribution is 2.07. The number of carboxylic acids is 1. The van der Waals surface area contributed by atoms with Crippen molar-refractivity contribution in [3.05, 3.63) is 34.6 Å². The van der Waals surface area contributed by atoms with Gasteiger partial charge >= 0.3 is 0 Å². The van der Waals surface area contributed by atoms with E-state index in [1.54, 1.807) is 24.3 Å². The second-order valence-electron chi connectivity index (χ2n) is 2.92. The summed E-state index contributed by atoms with van der Waals surface area (Å²) in [6.45, 7) is -0.344. The molecule has 0 aliphatic heterocycles. The fourth-order valence-electron chi connectivity index (χ4n) is 1.40. The molecule has 5 nitrogen and oxygen atoms in total. The molecule has 0 bridgehead atoms. The minimum Gasteiger partial charge on any atom is -0.548 e. The molecular weight excluding hydrogens is 184 g/mol. The topological polar surface area (TPSA) is 77.9 Å². The Bertz CT molecular complexity index is 538. The lowest BCUT2D eigenvalue weighted by Crippen LogP contribution is -2.28. The number of aromatic amines is 1. The molecule has 0 saturated carbocycles. The Hall–Kier alpha value is -2.04. The van der Waals surface area contributed by atoms with E-state index in [1.807, 2.05) is 0 Å². The van der Waals surface area contributed by atoms with Gasteiger partial charge in [0.05, 0.1) is 23.4 Å². The van der Waals surface area contributed by atoms with E-state index in [1.165, 1.54) is 4.68 Å². The SMILES string of the molecule is O=C([O-])Cn1[nH]c(=O)c2ccccc21. The second-order valence-corrected chi connectivity index (χ2v) is 2.92. The van der Waals surface area contributed by atoms with Crippen molar-refractivity contribution in [3.63, 3.8) is 0 Å². The first-order valence-electron chi connectivity index (χ1n) is 4.06. The molecule has 0 atom stereocenters. The monoisotopic (exact) mass is 191 g/mol. The number of hydrogen-bond acceptors (Lipinski definition) is 3. The van der Waals surface area contributed by atoms with Crippen molar-refractivity contribution in [2.45, 2.75) is 6.54 Å². The highest BCUT2D eigenvalue weighted by Gasteiger charge is 2.04. The van der Waals surface area contributed by atoms with Gasteiger partial charge in [-0.15, -0.1) is 0 Å². The van der Waals surface area contributed by atoms with Gasteiger partial charge in [0.15, 0.2) is 0 Å². The molecular formula is C9H7N2O3-. The quantitative estimate of drug-likeness (QED) is 0.666. The van der Waals surface area contributed by atoms with Gasteiger partial charge in [-0.25, -0.2) is 0 Å². The lowest BCUT2D eigenvalue weighted by molar-refractivity contribution is -0.306. The van der Waals surface area contributed by atoms with E-state index in [9.17, 15) is 14.7 Å². The summed E-state index contributed by atoms with van der Waals surface area (Å²) in [6, 6.07) is 6.78. The van der Waals surface area contributed by atoms with E-state index in [0.717, 1.165) is 0 Å². The number of H-pyrrole nitrogens is 1. The van der Waals surface area contributed by atoms with Crippen molar-refractivity contribution in [3.8, 4) is 0 Å². The van der Waals surface area contributed by atoms with Gasteiger partial charge in [0.2, 0.25) is 0 Å². The van der Waals surface area contributed by atoms with Gasteiger partial charge in [0.1, 0.15) is 0 Å². The first-order valence-corrected chi connectivity index (χ1v) is 4.06. The molecule has 0 aliphatic rings. The van der Waals surface area contributed by atoms with Crippen LogP contribution in [0.15, 0.2) is 29.1 Å². The number of carbonyl (C=O) groups is 1. The molecule has 0 radical (unpaired) electrons. The fourth-order valence-corrected chi connectivity index (χ4v) is 1.40. The number of nitrogens with zero attached hydrogens (tertiary/aromatic N) is 1. The Kier molecular flexibility index (Phi) is 1.85. The summed E-state index contributed by atoms with van der Waals surface area (Å²) < 4.78 is 1.26. The highest BCUT2D eigenvalue weighted by molar-refractivity contribution is 5.79. The summed E-state index contributed by atoms with van der Waals surface area (Å²) in [5.41, 5.74) is 0.281. The number of aromatic nitrogens is 2. The second kappa shape index (κ2) is 3.02. The molecule has 0 unspecified atom stereocenters. The van der Waals surface area contributed by atoms with Crippen LogP contribution in [-0.4, -0.2) is 15.7 Å². The van der Waals surface area contributed by atoms with Gasteiger partial charge in [-0.1, -0.05) is 12.1 Å². The van der Waals surface area contributed by atoms with Crippen LogP contribution in [-0.2, 0) is 11.3 Å². The van der Waals surface area contributed by atoms with Crippen molar-refractivity contribution in [2.24, 2.45) is 0 Å². The van der Waals surface area contributed by atoms with Crippen LogP contribution in [0.5, 0.6) is 0 Å². The van der Waals surface area contributed by atoms with Gasteiger partial charge in [0, 0.05) is 0 Å². The van der Waals surface area contributed by atoms with E-state index in [0.29, 0.717) is 10.9 Å². The summed E-state index contributed by atoms with van der Waals surface area (Å²) in [4.78, 5) is 21.7. The predicted molar refractivity (Wildman–Crippen MR) is 47.6 cm³/mol. The third-order valence-corrected chi connectivity index (χ3v) is 1.96. The average Bonchev–Trinajstić information content (AvgIpc) is 2.44. The summed E-state index contributed by atoms with van der Waals surface area (Å²) in [5.74, 6) is -1.23. The first-order chi connectivity index (χ1) is 6.68. The molecule has 1 N–H and O–H groups in total. The maximum atomic E-state index is 11.3. The van der Waals surface area contributed by atoms with Crippen LogP contribution >= 0.6 is 0 Å². The number of aliphatic carboxylic acids is 1. The number of para-hydroxylation sites is 1. The Morgan fingerprint density at radius 1 is 1.43 bits per heavy atom. The van der Waals surface area contributed by atoms with Crippen molar-refractivity contribution in [1.82, 2.24) is 9.78 Å². The van der Waals surface area contributed by atoms with Crippen LogP contribution in [0.4, 0.5) is 0 Å². The Balaban J connectivity index is 2.66. The maximum absolute atomic E-state index is 11.3. The number of carboxylic acid groups (broad SMARTS) is 1. The largest absolute Gasteiger partial charge is 0.548 e. The number of rotatable bonds is 2. The summed E-state index contributed by atoms with van der Waals surface area (Å²) in [7, 11) is 0. The summed E-state index contributed by atoms with van der Waals surface area (Å²) in [6.07, 6.45) is 0. The molecule has 0 aliphatic carbocycles. The molecule has 5 heteroatoms. The molecule has 2 rings (SSSR count). The van der Waals surface area contributed by atoms with Crippen LogP contribution < -0.4 is 10.7 Å². The van der Waals surface area contributed by atoms with Gasteiger partial charge in [0.25, 0.3) is 5.56 Å². The lowest BCUT2D eigenvalue weighted by Gasteiger charge is -2.03. The molecule has 0 spiro atoms. The Labute approximate surface area is 78.6 Å². The molecule has 72 valence electrons. The number of carbonyl (C=O) groups excluding carboxylic acids is 1. The molecule has 1 aromatic heterocycles.